The second-order valence-corrected chi connectivity index (χ2v) is 9.22. The lowest BCUT2D eigenvalue weighted by Gasteiger charge is -2.32. The van der Waals surface area contributed by atoms with Gasteiger partial charge in [0.25, 0.3) is 0 Å². The highest BCUT2D eigenvalue weighted by Gasteiger charge is 2.30. The Morgan fingerprint density at radius 3 is 2.80 bits per heavy atom. The number of rotatable bonds is 13. The van der Waals surface area contributed by atoms with Crippen molar-refractivity contribution in [3.63, 3.8) is 0 Å². The topological polar surface area (TPSA) is 96.6 Å². The number of fused-ring (bicyclic) bond motifs is 1. The van der Waals surface area contributed by atoms with E-state index in [1.165, 1.54) is 29.7 Å². The van der Waals surface area contributed by atoms with Crippen LogP contribution in [-0.4, -0.2) is 42.1 Å². The number of carboxylic acids is 1. The third kappa shape index (κ3) is 6.87. The van der Waals surface area contributed by atoms with Crippen LogP contribution in [0.2, 0.25) is 0 Å². The molecule has 2 rings (SSSR count). The summed E-state index contributed by atoms with van der Waals surface area (Å²) in [5.41, 5.74) is 7.97. The molecular formula is C23H39N3O3S. The molecule has 6 nitrogen and oxygen atoms in total. The van der Waals surface area contributed by atoms with Crippen LogP contribution in [0, 0.1) is 0 Å². The first-order valence-electron chi connectivity index (χ1n) is 11.2. The van der Waals surface area contributed by atoms with E-state index in [4.69, 9.17) is 10.5 Å². The zero-order valence-electron chi connectivity index (χ0n) is 18.8. The van der Waals surface area contributed by atoms with Gasteiger partial charge in [-0.1, -0.05) is 33.1 Å². The number of unbranched alkanes of at least 4 members (excludes halogenated alkanes) is 2. The number of carboxylic acid groups (broad SMARTS) is 1. The number of carbonyl (C=O) groups is 1. The molecule has 0 saturated carbocycles. The molecule has 0 aliphatic carbocycles. The van der Waals surface area contributed by atoms with E-state index >= 15 is 0 Å². The number of methoxy groups -OCH3 is 1. The summed E-state index contributed by atoms with van der Waals surface area (Å²) in [6, 6.07) is 3.72. The van der Waals surface area contributed by atoms with Crippen molar-refractivity contribution in [2.24, 2.45) is 5.73 Å². The summed E-state index contributed by atoms with van der Waals surface area (Å²) in [4.78, 5) is 12.9. The van der Waals surface area contributed by atoms with Crippen molar-refractivity contribution in [2.75, 3.05) is 19.4 Å². The van der Waals surface area contributed by atoms with Crippen LogP contribution in [0.15, 0.2) is 17.0 Å². The van der Waals surface area contributed by atoms with Gasteiger partial charge in [-0.3, -0.25) is 4.79 Å². The molecule has 0 bridgehead atoms. The van der Waals surface area contributed by atoms with Gasteiger partial charge in [-0.15, -0.1) is 11.8 Å². The Hall–Kier alpha value is -1.28. The standard InChI is InChI=1S/C23H39N3O3S/c1-4-6-10-23(5-2)16-30-21-13-17(20(29-3)12-18(21)15-26-23)14-25-19(22(27)28)9-7-8-11-24/h12-13,19,25-26H,4-11,14-16,24H2,1-3H3,(H,27,28)/t19?,23-/m1/s1. The molecule has 0 saturated heterocycles. The molecule has 2 atom stereocenters. The molecule has 1 unspecified atom stereocenters. The minimum Gasteiger partial charge on any atom is -0.496 e. The molecule has 1 aromatic rings. The summed E-state index contributed by atoms with van der Waals surface area (Å²) in [6.07, 6.45) is 6.97. The predicted molar refractivity (Wildman–Crippen MR) is 124 cm³/mol. The number of benzene rings is 1. The average molecular weight is 438 g/mol. The Morgan fingerprint density at radius 2 is 2.17 bits per heavy atom. The largest absolute Gasteiger partial charge is 0.496 e. The fourth-order valence-corrected chi connectivity index (χ4v) is 5.34. The smallest absolute Gasteiger partial charge is 0.320 e. The lowest BCUT2D eigenvalue weighted by molar-refractivity contribution is -0.139. The summed E-state index contributed by atoms with van der Waals surface area (Å²) in [5, 5.41) is 16.5. The highest BCUT2D eigenvalue weighted by atomic mass is 32.2. The second-order valence-electron chi connectivity index (χ2n) is 8.21. The van der Waals surface area contributed by atoms with E-state index in [9.17, 15) is 9.90 Å². The van der Waals surface area contributed by atoms with Crippen LogP contribution < -0.4 is 21.1 Å². The highest BCUT2D eigenvalue weighted by Crippen LogP contribution is 2.37. The molecule has 7 heteroatoms. The zero-order valence-corrected chi connectivity index (χ0v) is 19.6. The number of hydrogen-bond acceptors (Lipinski definition) is 6. The Balaban J connectivity index is 2.13. The van der Waals surface area contributed by atoms with E-state index < -0.39 is 12.0 Å². The van der Waals surface area contributed by atoms with Gasteiger partial charge in [0.1, 0.15) is 11.8 Å². The summed E-state index contributed by atoms with van der Waals surface area (Å²) < 4.78 is 5.65. The predicted octanol–water partition coefficient (Wildman–Crippen LogP) is 3.90. The number of ether oxygens (including phenoxy) is 1. The van der Waals surface area contributed by atoms with Gasteiger partial charge in [0.05, 0.1) is 7.11 Å². The Morgan fingerprint density at radius 1 is 1.37 bits per heavy atom. The van der Waals surface area contributed by atoms with Crippen LogP contribution in [0.25, 0.3) is 0 Å². The molecule has 0 amide bonds. The van der Waals surface area contributed by atoms with Crippen molar-refractivity contribution in [3.05, 3.63) is 23.3 Å². The van der Waals surface area contributed by atoms with E-state index in [2.05, 4.69) is 36.6 Å². The Kier molecular flexibility index (Phi) is 10.4. The summed E-state index contributed by atoms with van der Waals surface area (Å²) >= 11 is 1.91. The van der Waals surface area contributed by atoms with Crippen LogP contribution in [0.5, 0.6) is 5.75 Å². The van der Waals surface area contributed by atoms with Gasteiger partial charge in [-0.2, -0.15) is 0 Å². The lowest BCUT2D eigenvalue weighted by Crippen LogP contribution is -2.45. The van der Waals surface area contributed by atoms with Crippen molar-refractivity contribution < 1.29 is 14.6 Å². The maximum absolute atomic E-state index is 11.6. The van der Waals surface area contributed by atoms with Gasteiger partial charge in [0.2, 0.25) is 0 Å². The number of thioether (sulfide) groups is 1. The van der Waals surface area contributed by atoms with Gasteiger partial charge in [0, 0.05) is 34.8 Å². The average Bonchev–Trinajstić information content (AvgIpc) is 2.93. The van der Waals surface area contributed by atoms with E-state index in [1.54, 1.807) is 7.11 Å². The first kappa shape index (κ1) is 25.0. The molecular weight excluding hydrogens is 398 g/mol. The number of hydrogen-bond donors (Lipinski definition) is 4. The molecule has 1 heterocycles. The maximum atomic E-state index is 11.6. The van der Waals surface area contributed by atoms with Gasteiger partial charge < -0.3 is 26.2 Å². The number of nitrogens with two attached hydrogens (primary N) is 1. The molecule has 170 valence electrons. The first-order valence-corrected chi connectivity index (χ1v) is 12.2. The Bertz CT molecular complexity index is 686. The van der Waals surface area contributed by atoms with Crippen LogP contribution in [0.4, 0.5) is 0 Å². The number of nitrogens with one attached hydrogen (secondary N) is 2. The van der Waals surface area contributed by atoms with E-state index in [-0.39, 0.29) is 5.54 Å². The molecule has 0 radical (unpaired) electrons. The maximum Gasteiger partial charge on any atom is 0.320 e. The van der Waals surface area contributed by atoms with Crippen molar-refractivity contribution in [1.82, 2.24) is 10.6 Å². The Labute approximate surface area is 185 Å². The van der Waals surface area contributed by atoms with Gasteiger partial charge in [0.15, 0.2) is 0 Å². The summed E-state index contributed by atoms with van der Waals surface area (Å²) in [5.74, 6) is 1.04. The van der Waals surface area contributed by atoms with Crippen molar-refractivity contribution in [3.8, 4) is 5.75 Å². The van der Waals surface area contributed by atoms with E-state index in [0.717, 1.165) is 42.9 Å². The van der Waals surface area contributed by atoms with Gasteiger partial charge in [-0.05, 0) is 49.9 Å². The lowest BCUT2D eigenvalue weighted by atomic mass is 9.91. The molecule has 1 aliphatic heterocycles. The minimum absolute atomic E-state index is 0.169. The minimum atomic E-state index is -0.817. The highest BCUT2D eigenvalue weighted by molar-refractivity contribution is 7.99. The quantitative estimate of drug-likeness (QED) is 0.348. The van der Waals surface area contributed by atoms with Crippen molar-refractivity contribution in [2.45, 2.75) is 88.4 Å². The molecule has 1 aliphatic rings. The fourth-order valence-electron chi connectivity index (χ4n) is 3.91. The first-order chi connectivity index (χ1) is 14.5. The molecule has 0 fully saturated rings. The van der Waals surface area contributed by atoms with Crippen LogP contribution in [0.3, 0.4) is 0 Å². The van der Waals surface area contributed by atoms with Gasteiger partial charge in [-0.25, -0.2) is 0 Å². The zero-order chi connectivity index (χ0) is 22.0. The van der Waals surface area contributed by atoms with E-state index in [0.29, 0.717) is 19.5 Å². The number of aliphatic carboxylic acids is 1. The summed E-state index contributed by atoms with van der Waals surface area (Å²) in [6.45, 7) is 6.41. The molecule has 0 spiro atoms. The van der Waals surface area contributed by atoms with E-state index in [1.807, 2.05) is 11.8 Å². The SMILES string of the molecule is CCCC[C@]1(CC)CSc2cc(CNC(CCCCN)C(=O)O)c(OC)cc2CN1. The van der Waals surface area contributed by atoms with Crippen LogP contribution in [-0.2, 0) is 17.9 Å². The van der Waals surface area contributed by atoms with Crippen molar-refractivity contribution in [1.29, 1.82) is 0 Å². The molecule has 1 aromatic carbocycles. The van der Waals surface area contributed by atoms with Crippen LogP contribution >= 0.6 is 11.8 Å². The third-order valence-corrected chi connectivity index (χ3v) is 7.48. The van der Waals surface area contributed by atoms with Gasteiger partial charge >= 0.3 is 5.97 Å². The van der Waals surface area contributed by atoms with Crippen molar-refractivity contribution >= 4 is 17.7 Å². The second kappa shape index (κ2) is 12.5. The summed E-state index contributed by atoms with van der Waals surface area (Å²) in [7, 11) is 1.68. The molecule has 30 heavy (non-hydrogen) atoms. The monoisotopic (exact) mass is 437 g/mol. The molecule has 0 aromatic heterocycles. The fraction of sp³-hybridized carbons (Fsp3) is 0.696. The van der Waals surface area contributed by atoms with Crippen LogP contribution in [0.1, 0.15) is 69.9 Å². The normalized spacial score (nSPS) is 19.7. The third-order valence-electron chi connectivity index (χ3n) is 6.09. The molecule has 5 N–H and O–H groups in total.